The minimum absolute atomic E-state index is 0.267. The Balaban J connectivity index is 2.05. The molecule has 0 radical (unpaired) electrons. The summed E-state index contributed by atoms with van der Waals surface area (Å²) >= 11 is 8.98. The molecule has 2 rings (SSSR count). The number of ketones is 1. The van der Waals surface area contributed by atoms with E-state index in [-0.39, 0.29) is 5.56 Å². The molecule has 0 aliphatic rings. The zero-order valence-electron chi connectivity index (χ0n) is 10.7. The zero-order valence-corrected chi connectivity index (χ0v) is 13.1. The van der Waals surface area contributed by atoms with Crippen LogP contribution >= 0.6 is 27.5 Å². The fourth-order valence-electron chi connectivity index (χ4n) is 1.65. The standard InChI is InChI=1S/C15H11BrClNO3/c16-11-5-1-10(2-6-11)14(20)18-15(21)13(19)9-3-7-12(17)8-4-9/h1-8,15,21H,(H,18,20)/t15-/m0/s1. The first-order valence-electron chi connectivity index (χ1n) is 6.01. The van der Waals surface area contributed by atoms with Crippen LogP contribution in [0.5, 0.6) is 0 Å². The minimum Gasteiger partial charge on any atom is -0.367 e. The van der Waals surface area contributed by atoms with Gasteiger partial charge in [-0.15, -0.1) is 0 Å². The van der Waals surface area contributed by atoms with Gasteiger partial charge in [0.1, 0.15) is 0 Å². The molecule has 0 unspecified atom stereocenters. The zero-order chi connectivity index (χ0) is 15.4. The van der Waals surface area contributed by atoms with E-state index >= 15 is 0 Å². The summed E-state index contributed by atoms with van der Waals surface area (Å²) in [6, 6.07) is 12.6. The number of halogens is 2. The fraction of sp³-hybridized carbons (Fsp3) is 0.0667. The molecule has 1 atom stereocenters. The van der Waals surface area contributed by atoms with Crippen molar-refractivity contribution in [2.45, 2.75) is 6.23 Å². The molecule has 0 aromatic heterocycles. The summed E-state index contributed by atoms with van der Waals surface area (Å²) in [7, 11) is 0. The molecular weight excluding hydrogens is 358 g/mol. The first kappa shape index (κ1) is 15.7. The van der Waals surface area contributed by atoms with Gasteiger partial charge in [0.2, 0.25) is 5.78 Å². The van der Waals surface area contributed by atoms with Crippen molar-refractivity contribution in [2.75, 3.05) is 0 Å². The van der Waals surface area contributed by atoms with E-state index in [1.807, 2.05) is 0 Å². The van der Waals surface area contributed by atoms with Gasteiger partial charge in [-0.3, -0.25) is 9.59 Å². The smallest absolute Gasteiger partial charge is 0.253 e. The van der Waals surface area contributed by atoms with Gasteiger partial charge in [0, 0.05) is 20.6 Å². The molecule has 0 aliphatic heterocycles. The van der Waals surface area contributed by atoms with E-state index in [0.717, 1.165) is 4.47 Å². The number of amides is 1. The first-order chi connectivity index (χ1) is 9.97. The second-order valence-corrected chi connectivity index (χ2v) is 5.61. The highest BCUT2D eigenvalue weighted by molar-refractivity contribution is 9.10. The summed E-state index contributed by atoms with van der Waals surface area (Å²) in [4.78, 5) is 23.9. The van der Waals surface area contributed by atoms with Crippen LogP contribution in [-0.4, -0.2) is 23.0 Å². The van der Waals surface area contributed by atoms with E-state index in [1.54, 1.807) is 24.3 Å². The number of hydrogen-bond donors (Lipinski definition) is 2. The number of aliphatic hydroxyl groups excluding tert-OH is 1. The van der Waals surface area contributed by atoms with Gasteiger partial charge < -0.3 is 10.4 Å². The van der Waals surface area contributed by atoms with Crippen molar-refractivity contribution in [2.24, 2.45) is 0 Å². The van der Waals surface area contributed by atoms with Crippen LogP contribution in [0.3, 0.4) is 0 Å². The molecule has 0 saturated heterocycles. The van der Waals surface area contributed by atoms with Gasteiger partial charge in [-0.25, -0.2) is 0 Å². The molecule has 2 aromatic carbocycles. The Morgan fingerprint density at radius 2 is 1.52 bits per heavy atom. The summed E-state index contributed by atoms with van der Waals surface area (Å²) in [6.45, 7) is 0. The average Bonchev–Trinajstić information content (AvgIpc) is 2.47. The Labute approximate surface area is 134 Å². The SMILES string of the molecule is O=C(N[C@@H](O)C(=O)c1ccc(Cl)cc1)c1ccc(Br)cc1. The van der Waals surface area contributed by atoms with Crippen molar-refractivity contribution in [3.8, 4) is 0 Å². The molecule has 108 valence electrons. The Bertz CT molecular complexity index is 656. The Morgan fingerprint density at radius 3 is 2.10 bits per heavy atom. The summed E-state index contributed by atoms with van der Waals surface area (Å²) in [6.07, 6.45) is -1.61. The van der Waals surface area contributed by atoms with Gasteiger partial charge in [0.05, 0.1) is 0 Å². The molecule has 6 heteroatoms. The van der Waals surface area contributed by atoms with E-state index in [1.165, 1.54) is 24.3 Å². The molecule has 0 aliphatic carbocycles. The number of hydrogen-bond acceptors (Lipinski definition) is 3. The van der Waals surface area contributed by atoms with Crippen LogP contribution in [0.4, 0.5) is 0 Å². The third-order valence-corrected chi connectivity index (χ3v) is 3.53. The normalized spacial score (nSPS) is 11.8. The van der Waals surface area contributed by atoms with E-state index in [0.29, 0.717) is 10.6 Å². The van der Waals surface area contributed by atoms with E-state index in [9.17, 15) is 14.7 Å². The largest absolute Gasteiger partial charge is 0.367 e. The number of Topliss-reactive ketones (excluding diaryl/α,β-unsaturated/α-hetero) is 1. The monoisotopic (exact) mass is 367 g/mol. The maximum atomic E-state index is 12.0. The van der Waals surface area contributed by atoms with Crippen LogP contribution in [0.2, 0.25) is 5.02 Å². The van der Waals surface area contributed by atoms with Crippen LogP contribution in [-0.2, 0) is 0 Å². The van der Waals surface area contributed by atoms with Crippen molar-refractivity contribution in [1.82, 2.24) is 5.32 Å². The van der Waals surface area contributed by atoms with E-state index in [4.69, 9.17) is 11.6 Å². The molecule has 4 nitrogen and oxygen atoms in total. The van der Waals surface area contributed by atoms with Crippen molar-refractivity contribution in [3.05, 3.63) is 69.2 Å². The lowest BCUT2D eigenvalue weighted by Crippen LogP contribution is -2.40. The molecule has 0 heterocycles. The minimum atomic E-state index is -1.61. The van der Waals surface area contributed by atoms with Crippen LogP contribution in [0.1, 0.15) is 20.7 Å². The van der Waals surface area contributed by atoms with Gasteiger partial charge in [-0.1, -0.05) is 27.5 Å². The van der Waals surface area contributed by atoms with Crippen molar-refractivity contribution in [1.29, 1.82) is 0 Å². The number of carbonyl (C=O) groups is 2. The van der Waals surface area contributed by atoms with Crippen molar-refractivity contribution >= 4 is 39.2 Å². The third kappa shape index (κ3) is 4.14. The lowest BCUT2D eigenvalue weighted by atomic mass is 10.1. The van der Waals surface area contributed by atoms with Crippen LogP contribution in [0.15, 0.2) is 53.0 Å². The lowest BCUT2D eigenvalue weighted by Gasteiger charge is -2.12. The van der Waals surface area contributed by atoms with Crippen molar-refractivity contribution in [3.63, 3.8) is 0 Å². The number of nitrogens with one attached hydrogen (secondary N) is 1. The molecule has 0 spiro atoms. The highest BCUT2D eigenvalue weighted by Crippen LogP contribution is 2.12. The lowest BCUT2D eigenvalue weighted by molar-refractivity contribution is 0.0607. The topological polar surface area (TPSA) is 66.4 Å². The Morgan fingerprint density at radius 1 is 1.00 bits per heavy atom. The average molecular weight is 369 g/mol. The highest BCUT2D eigenvalue weighted by Gasteiger charge is 2.19. The maximum Gasteiger partial charge on any atom is 0.253 e. The van der Waals surface area contributed by atoms with Crippen LogP contribution in [0, 0.1) is 0 Å². The Hall–Kier alpha value is -1.69. The predicted molar refractivity (Wildman–Crippen MR) is 83.4 cm³/mol. The summed E-state index contributed by atoms with van der Waals surface area (Å²) in [5.41, 5.74) is 0.615. The molecule has 21 heavy (non-hydrogen) atoms. The van der Waals surface area contributed by atoms with Gasteiger partial charge >= 0.3 is 0 Å². The van der Waals surface area contributed by atoms with Crippen LogP contribution in [0.25, 0.3) is 0 Å². The quantitative estimate of drug-likeness (QED) is 0.644. The maximum absolute atomic E-state index is 12.0. The van der Waals surface area contributed by atoms with Gasteiger partial charge in [0.15, 0.2) is 6.23 Å². The van der Waals surface area contributed by atoms with Gasteiger partial charge in [-0.05, 0) is 48.5 Å². The third-order valence-electron chi connectivity index (χ3n) is 2.75. The summed E-state index contributed by atoms with van der Waals surface area (Å²) in [5.74, 6) is -1.13. The number of carbonyl (C=O) groups excluding carboxylic acids is 2. The van der Waals surface area contributed by atoms with E-state index in [2.05, 4.69) is 21.2 Å². The van der Waals surface area contributed by atoms with Crippen LogP contribution < -0.4 is 5.32 Å². The molecule has 0 fully saturated rings. The fourth-order valence-corrected chi connectivity index (χ4v) is 2.04. The molecule has 0 bridgehead atoms. The second-order valence-electron chi connectivity index (χ2n) is 4.25. The predicted octanol–water partition coefficient (Wildman–Crippen LogP) is 3.03. The summed E-state index contributed by atoms with van der Waals surface area (Å²) in [5, 5.41) is 12.5. The van der Waals surface area contributed by atoms with Crippen molar-refractivity contribution < 1.29 is 14.7 Å². The number of aliphatic hydroxyl groups is 1. The second kappa shape index (κ2) is 6.85. The molecule has 2 N–H and O–H groups in total. The number of rotatable bonds is 4. The highest BCUT2D eigenvalue weighted by atomic mass is 79.9. The molecular formula is C15H11BrClNO3. The molecule has 2 aromatic rings. The molecule has 0 saturated carbocycles. The summed E-state index contributed by atoms with van der Waals surface area (Å²) < 4.78 is 0.830. The Kier molecular flexibility index (Phi) is 5.12. The van der Waals surface area contributed by atoms with E-state index < -0.39 is 17.9 Å². The molecule has 1 amide bonds. The first-order valence-corrected chi connectivity index (χ1v) is 7.19. The van der Waals surface area contributed by atoms with Gasteiger partial charge in [-0.2, -0.15) is 0 Å². The number of benzene rings is 2. The van der Waals surface area contributed by atoms with Gasteiger partial charge in [0.25, 0.3) is 5.91 Å².